The van der Waals surface area contributed by atoms with E-state index in [-0.39, 0.29) is 18.1 Å². The van der Waals surface area contributed by atoms with Gasteiger partial charge < -0.3 is 10.4 Å². The van der Waals surface area contributed by atoms with E-state index in [0.29, 0.717) is 12.0 Å². The Morgan fingerprint density at radius 3 is 2.94 bits per heavy atom. The fourth-order valence-electron chi connectivity index (χ4n) is 2.19. The first-order chi connectivity index (χ1) is 8.15. The molecule has 2 N–H and O–H groups in total. The first kappa shape index (κ1) is 12.6. The van der Waals surface area contributed by atoms with E-state index >= 15 is 0 Å². The van der Waals surface area contributed by atoms with E-state index in [4.69, 9.17) is 0 Å². The molecule has 1 fully saturated rings. The first-order valence-electron chi connectivity index (χ1n) is 5.89. The summed E-state index contributed by atoms with van der Waals surface area (Å²) >= 11 is 3.35. The zero-order valence-electron chi connectivity index (χ0n) is 9.53. The highest BCUT2D eigenvalue weighted by Gasteiger charge is 2.21. The minimum absolute atomic E-state index is 0.0644. The average Bonchev–Trinajstić information content (AvgIpc) is 2.29. The second-order valence-electron chi connectivity index (χ2n) is 4.50. The molecule has 1 saturated carbocycles. The van der Waals surface area contributed by atoms with Crippen LogP contribution in [0.15, 0.2) is 28.7 Å². The summed E-state index contributed by atoms with van der Waals surface area (Å²) in [6.45, 7) is 0. The van der Waals surface area contributed by atoms with Gasteiger partial charge in [-0.25, -0.2) is 0 Å². The van der Waals surface area contributed by atoms with Gasteiger partial charge in [-0.3, -0.25) is 4.79 Å². The molecule has 1 aromatic rings. The van der Waals surface area contributed by atoms with E-state index in [0.717, 1.165) is 23.7 Å². The number of aliphatic hydroxyl groups excluding tert-OH is 1. The van der Waals surface area contributed by atoms with Crippen molar-refractivity contribution in [2.24, 2.45) is 0 Å². The van der Waals surface area contributed by atoms with Gasteiger partial charge in [-0.05, 0) is 43.9 Å². The second kappa shape index (κ2) is 5.65. The van der Waals surface area contributed by atoms with Crippen molar-refractivity contribution in [3.63, 3.8) is 0 Å². The third-order valence-electron chi connectivity index (χ3n) is 3.07. The summed E-state index contributed by atoms with van der Waals surface area (Å²) in [5.74, 6) is -0.0644. The Morgan fingerprint density at radius 1 is 1.41 bits per heavy atom. The lowest BCUT2D eigenvalue weighted by atomic mass is 9.93. The maximum Gasteiger partial charge on any atom is 0.251 e. The lowest BCUT2D eigenvalue weighted by Gasteiger charge is -2.26. The van der Waals surface area contributed by atoms with E-state index < -0.39 is 0 Å². The number of amides is 1. The Kier molecular flexibility index (Phi) is 4.18. The number of hydrogen-bond acceptors (Lipinski definition) is 2. The Balaban J connectivity index is 1.97. The molecule has 0 aromatic heterocycles. The highest BCUT2D eigenvalue weighted by Crippen LogP contribution is 2.19. The minimum Gasteiger partial charge on any atom is -0.393 e. The van der Waals surface area contributed by atoms with Crippen molar-refractivity contribution >= 4 is 21.8 Å². The Labute approximate surface area is 109 Å². The standard InChI is InChI=1S/C13H16BrNO2/c14-10-4-1-3-9(7-10)13(17)15-11-5-2-6-12(16)8-11/h1,3-4,7,11-12,16H,2,5-6,8H2,(H,15,17). The molecule has 1 aliphatic rings. The maximum absolute atomic E-state index is 12.0. The summed E-state index contributed by atoms with van der Waals surface area (Å²) in [4.78, 5) is 12.0. The van der Waals surface area contributed by atoms with Gasteiger partial charge in [0.05, 0.1) is 6.10 Å². The molecule has 1 amide bonds. The Morgan fingerprint density at radius 2 is 2.24 bits per heavy atom. The average molecular weight is 298 g/mol. The third-order valence-corrected chi connectivity index (χ3v) is 3.56. The quantitative estimate of drug-likeness (QED) is 0.881. The van der Waals surface area contributed by atoms with E-state index in [9.17, 15) is 9.90 Å². The molecule has 2 rings (SSSR count). The van der Waals surface area contributed by atoms with Gasteiger partial charge in [0, 0.05) is 16.1 Å². The van der Waals surface area contributed by atoms with Crippen molar-refractivity contribution in [2.45, 2.75) is 37.8 Å². The topological polar surface area (TPSA) is 49.3 Å². The lowest BCUT2D eigenvalue weighted by Crippen LogP contribution is -2.39. The summed E-state index contributed by atoms with van der Waals surface area (Å²) in [5, 5.41) is 12.5. The number of aliphatic hydroxyl groups is 1. The van der Waals surface area contributed by atoms with Crippen molar-refractivity contribution in [3.05, 3.63) is 34.3 Å². The SMILES string of the molecule is O=C(NC1CCCC(O)C1)c1cccc(Br)c1. The number of benzene rings is 1. The predicted molar refractivity (Wildman–Crippen MR) is 69.9 cm³/mol. The van der Waals surface area contributed by atoms with Crippen molar-refractivity contribution < 1.29 is 9.90 Å². The molecular weight excluding hydrogens is 282 g/mol. The molecular formula is C13H16BrNO2. The molecule has 92 valence electrons. The summed E-state index contributed by atoms with van der Waals surface area (Å²) in [6.07, 6.45) is 3.18. The number of nitrogens with one attached hydrogen (secondary N) is 1. The van der Waals surface area contributed by atoms with E-state index in [1.807, 2.05) is 12.1 Å². The van der Waals surface area contributed by atoms with E-state index in [1.165, 1.54) is 0 Å². The molecule has 1 aromatic carbocycles. The maximum atomic E-state index is 12.0. The molecule has 0 bridgehead atoms. The van der Waals surface area contributed by atoms with E-state index in [2.05, 4.69) is 21.2 Å². The molecule has 0 heterocycles. The van der Waals surface area contributed by atoms with Gasteiger partial charge in [0.15, 0.2) is 0 Å². The number of rotatable bonds is 2. The van der Waals surface area contributed by atoms with Crippen LogP contribution in [0.1, 0.15) is 36.0 Å². The van der Waals surface area contributed by atoms with Crippen LogP contribution in [-0.4, -0.2) is 23.2 Å². The molecule has 4 heteroatoms. The number of halogens is 1. The Hall–Kier alpha value is -0.870. The number of carbonyl (C=O) groups is 1. The van der Waals surface area contributed by atoms with Gasteiger partial charge in [0.2, 0.25) is 0 Å². The number of hydrogen-bond donors (Lipinski definition) is 2. The molecule has 1 aliphatic carbocycles. The molecule has 0 spiro atoms. The molecule has 2 atom stereocenters. The summed E-state index contributed by atoms with van der Waals surface area (Å²) in [5.41, 5.74) is 0.652. The monoisotopic (exact) mass is 297 g/mol. The summed E-state index contributed by atoms with van der Waals surface area (Å²) in [7, 11) is 0. The van der Waals surface area contributed by atoms with Crippen LogP contribution in [0.25, 0.3) is 0 Å². The number of carbonyl (C=O) groups excluding carboxylic acids is 1. The van der Waals surface area contributed by atoms with Crippen molar-refractivity contribution in [1.29, 1.82) is 0 Å². The van der Waals surface area contributed by atoms with Crippen LogP contribution >= 0.6 is 15.9 Å². The highest BCUT2D eigenvalue weighted by atomic mass is 79.9. The van der Waals surface area contributed by atoms with Gasteiger partial charge in [0.1, 0.15) is 0 Å². The predicted octanol–water partition coefficient (Wildman–Crippen LogP) is 2.48. The van der Waals surface area contributed by atoms with Crippen molar-refractivity contribution in [2.75, 3.05) is 0 Å². The van der Waals surface area contributed by atoms with Gasteiger partial charge in [-0.1, -0.05) is 22.0 Å². The Bertz CT molecular complexity index is 408. The molecule has 0 radical (unpaired) electrons. The van der Waals surface area contributed by atoms with E-state index in [1.54, 1.807) is 12.1 Å². The highest BCUT2D eigenvalue weighted by molar-refractivity contribution is 9.10. The minimum atomic E-state index is -0.267. The van der Waals surface area contributed by atoms with Gasteiger partial charge in [-0.2, -0.15) is 0 Å². The molecule has 17 heavy (non-hydrogen) atoms. The van der Waals surface area contributed by atoms with Gasteiger partial charge in [0.25, 0.3) is 5.91 Å². The molecule has 2 unspecified atom stereocenters. The zero-order valence-corrected chi connectivity index (χ0v) is 11.1. The zero-order chi connectivity index (χ0) is 12.3. The third kappa shape index (κ3) is 3.54. The van der Waals surface area contributed by atoms with Crippen LogP contribution in [0.5, 0.6) is 0 Å². The normalized spacial score (nSPS) is 24.4. The lowest BCUT2D eigenvalue weighted by molar-refractivity contribution is 0.0850. The smallest absolute Gasteiger partial charge is 0.251 e. The van der Waals surface area contributed by atoms with Crippen LogP contribution < -0.4 is 5.32 Å². The first-order valence-corrected chi connectivity index (χ1v) is 6.69. The second-order valence-corrected chi connectivity index (χ2v) is 5.42. The summed E-state index contributed by atoms with van der Waals surface area (Å²) < 4.78 is 0.897. The van der Waals surface area contributed by atoms with Crippen LogP contribution in [0.4, 0.5) is 0 Å². The van der Waals surface area contributed by atoms with Crippen LogP contribution in [-0.2, 0) is 0 Å². The van der Waals surface area contributed by atoms with Gasteiger partial charge >= 0.3 is 0 Å². The fraction of sp³-hybridized carbons (Fsp3) is 0.462. The van der Waals surface area contributed by atoms with Crippen molar-refractivity contribution in [1.82, 2.24) is 5.32 Å². The van der Waals surface area contributed by atoms with Crippen LogP contribution in [0.3, 0.4) is 0 Å². The molecule has 3 nitrogen and oxygen atoms in total. The fourth-order valence-corrected chi connectivity index (χ4v) is 2.59. The summed E-state index contributed by atoms with van der Waals surface area (Å²) in [6, 6.07) is 7.43. The van der Waals surface area contributed by atoms with Gasteiger partial charge in [-0.15, -0.1) is 0 Å². The van der Waals surface area contributed by atoms with Crippen LogP contribution in [0.2, 0.25) is 0 Å². The molecule has 0 aliphatic heterocycles. The van der Waals surface area contributed by atoms with Crippen molar-refractivity contribution in [3.8, 4) is 0 Å². The van der Waals surface area contributed by atoms with Crippen LogP contribution in [0, 0.1) is 0 Å². The molecule has 0 saturated heterocycles. The largest absolute Gasteiger partial charge is 0.393 e.